The number of hydrogen-bond donors (Lipinski definition) is 1. The van der Waals surface area contributed by atoms with Gasteiger partial charge in [-0.25, -0.2) is 4.39 Å². The smallest absolute Gasteiger partial charge is 0.298 e. The lowest BCUT2D eigenvalue weighted by molar-refractivity contribution is -0.00172. The maximum absolute atomic E-state index is 14.4. The molecule has 0 atom stereocenters. The molecule has 12 heteroatoms. The highest BCUT2D eigenvalue weighted by molar-refractivity contribution is 5.87. The number of aromatic nitrogens is 2. The summed E-state index contributed by atoms with van der Waals surface area (Å²) in [6, 6.07) is 11.9. The number of nitrogens with two attached hydrogens (primary N) is 1. The third kappa shape index (κ3) is 7.33. The number of oxazole rings is 1. The van der Waals surface area contributed by atoms with Gasteiger partial charge in [0.05, 0.1) is 71.6 Å². The summed E-state index contributed by atoms with van der Waals surface area (Å²) in [6.07, 6.45) is 0.849. The van der Waals surface area contributed by atoms with Gasteiger partial charge in [0.25, 0.3) is 6.01 Å². The maximum atomic E-state index is 14.4. The molecule has 1 fully saturated rings. The number of morpholine rings is 1. The summed E-state index contributed by atoms with van der Waals surface area (Å²) < 4.78 is 50.3. The van der Waals surface area contributed by atoms with E-state index in [1.54, 1.807) is 12.1 Å². The zero-order valence-corrected chi connectivity index (χ0v) is 25.2. The second-order valence-corrected chi connectivity index (χ2v) is 10.9. The molecule has 2 aliphatic rings. The van der Waals surface area contributed by atoms with Gasteiger partial charge in [-0.1, -0.05) is 0 Å². The largest absolute Gasteiger partial charge is 0.423 e. The Hall–Kier alpha value is -3.26. The van der Waals surface area contributed by atoms with Gasteiger partial charge >= 0.3 is 0 Å². The molecule has 0 spiro atoms. The number of nitrogens with zero attached hydrogens (tertiary/aromatic N) is 4. The number of anilines is 2. The lowest BCUT2D eigenvalue weighted by Gasteiger charge is -2.30. The molecule has 2 aromatic heterocycles. The minimum Gasteiger partial charge on any atom is -0.423 e. The third-order valence-corrected chi connectivity index (χ3v) is 8.06. The van der Waals surface area contributed by atoms with E-state index in [0.717, 1.165) is 60.3 Å². The number of rotatable bonds is 16. The van der Waals surface area contributed by atoms with Gasteiger partial charge in [-0.2, -0.15) is 4.98 Å². The molecular weight excluding hydrogens is 569 g/mol. The van der Waals surface area contributed by atoms with E-state index in [1.165, 1.54) is 11.3 Å². The molecule has 0 amide bonds. The van der Waals surface area contributed by atoms with Crippen LogP contribution in [-0.2, 0) is 43.2 Å². The van der Waals surface area contributed by atoms with Crippen LogP contribution >= 0.6 is 0 Å². The lowest BCUT2D eigenvalue weighted by Crippen LogP contribution is -2.36. The second-order valence-electron chi connectivity index (χ2n) is 10.9. The normalized spacial score (nSPS) is 15.5. The van der Waals surface area contributed by atoms with Crippen molar-refractivity contribution in [1.82, 2.24) is 9.55 Å². The number of benzene rings is 2. The van der Waals surface area contributed by atoms with Gasteiger partial charge in [-0.3, -0.25) is 0 Å². The van der Waals surface area contributed by atoms with Gasteiger partial charge in [-0.15, -0.1) is 0 Å². The summed E-state index contributed by atoms with van der Waals surface area (Å²) in [7, 11) is 0. The molecule has 4 heterocycles. The summed E-state index contributed by atoms with van der Waals surface area (Å²) in [4.78, 5) is 9.27. The van der Waals surface area contributed by atoms with E-state index in [1.807, 2.05) is 12.1 Å². The SMILES string of the molecule is NCCOCCOCCOCCOCCn1c2c(c3ccc(F)cc31)CN(c1ccc3oc(N4CCOCC4)nc3c1)CC2. The maximum Gasteiger partial charge on any atom is 0.298 e. The van der Waals surface area contributed by atoms with E-state index < -0.39 is 0 Å². The second kappa shape index (κ2) is 15.2. The highest BCUT2D eigenvalue weighted by Crippen LogP contribution is 2.35. The van der Waals surface area contributed by atoms with E-state index in [-0.39, 0.29) is 5.82 Å². The first kappa shape index (κ1) is 30.8. The van der Waals surface area contributed by atoms with E-state index in [9.17, 15) is 4.39 Å². The topological polar surface area (TPSA) is 110 Å². The fourth-order valence-corrected chi connectivity index (χ4v) is 5.89. The van der Waals surface area contributed by atoms with Crippen molar-refractivity contribution >= 4 is 33.7 Å². The van der Waals surface area contributed by atoms with Crippen molar-refractivity contribution in [3.05, 3.63) is 53.5 Å². The van der Waals surface area contributed by atoms with Crippen molar-refractivity contribution in [2.24, 2.45) is 5.73 Å². The van der Waals surface area contributed by atoms with Crippen molar-refractivity contribution in [2.75, 3.05) is 102 Å². The van der Waals surface area contributed by atoms with Crippen LogP contribution in [0, 0.1) is 5.82 Å². The molecule has 4 aromatic rings. The minimum atomic E-state index is -0.236. The Morgan fingerprint density at radius 1 is 0.818 bits per heavy atom. The summed E-state index contributed by atoms with van der Waals surface area (Å²) >= 11 is 0. The molecule has 0 radical (unpaired) electrons. The van der Waals surface area contributed by atoms with E-state index in [4.69, 9.17) is 38.8 Å². The molecule has 1 saturated heterocycles. The minimum absolute atomic E-state index is 0.236. The van der Waals surface area contributed by atoms with Crippen LogP contribution in [-0.4, -0.2) is 102 Å². The molecule has 0 saturated carbocycles. The Bertz CT molecular complexity index is 1500. The first-order valence-corrected chi connectivity index (χ1v) is 15.5. The summed E-state index contributed by atoms with van der Waals surface area (Å²) in [5, 5.41) is 1.08. The van der Waals surface area contributed by atoms with E-state index in [0.29, 0.717) is 85.2 Å². The van der Waals surface area contributed by atoms with Crippen LogP contribution in [0.4, 0.5) is 16.1 Å². The lowest BCUT2D eigenvalue weighted by atomic mass is 10.0. The van der Waals surface area contributed by atoms with Crippen molar-refractivity contribution in [1.29, 1.82) is 0 Å². The standard InChI is InChI=1S/C32H42FN5O6/c33-24-1-3-26-27-23-37(25-2-4-31-28(22-25)35-32(44-31)36-8-12-40-13-9-36)7-5-29(27)38(30(26)21-24)10-14-41-16-18-43-20-19-42-17-15-39-11-6-34/h1-4,21-22H,5-20,23,34H2. The Morgan fingerprint density at radius 2 is 1.55 bits per heavy atom. The van der Waals surface area contributed by atoms with Crippen molar-refractivity contribution in [2.45, 2.75) is 19.5 Å². The molecule has 2 aliphatic heterocycles. The Morgan fingerprint density at radius 3 is 2.30 bits per heavy atom. The average Bonchev–Trinajstić information content (AvgIpc) is 3.62. The fourth-order valence-electron chi connectivity index (χ4n) is 5.89. The Kier molecular flexibility index (Phi) is 10.6. The Balaban J connectivity index is 1.04. The van der Waals surface area contributed by atoms with Gasteiger partial charge in [0.1, 0.15) is 11.3 Å². The van der Waals surface area contributed by atoms with Crippen LogP contribution in [0.25, 0.3) is 22.0 Å². The molecule has 0 bridgehead atoms. The molecular formula is C32H42FN5O6. The molecule has 2 aromatic carbocycles. The van der Waals surface area contributed by atoms with Crippen LogP contribution in [0.3, 0.4) is 0 Å². The average molecular weight is 612 g/mol. The molecule has 6 rings (SSSR count). The van der Waals surface area contributed by atoms with Crippen LogP contribution in [0.2, 0.25) is 0 Å². The van der Waals surface area contributed by atoms with E-state index in [2.05, 4.69) is 26.5 Å². The van der Waals surface area contributed by atoms with Crippen molar-refractivity contribution < 1.29 is 32.5 Å². The van der Waals surface area contributed by atoms with Crippen LogP contribution < -0.4 is 15.5 Å². The first-order valence-electron chi connectivity index (χ1n) is 15.5. The van der Waals surface area contributed by atoms with Gasteiger partial charge in [0, 0.05) is 68.0 Å². The zero-order chi connectivity index (χ0) is 30.1. The fraction of sp³-hybridized carbons (Fsp3) is 0.531. The molecule has 238 valence electrons. The molecule has 44 heavy (non-hydrogen) atoms. The molecule has 2 N–H and O–H groups in total. The monoisotopic (exact) mass is 611 g/mol. The first-order chi connectivity index (χ1) is 21.7. The van der Waals surface area contributed by atoms with Crippen molar-refractivity contribution in [3.8, 4) is 0 Å². The van der Waals surface area contributed by atoms with Crippen molar-refractivity contribution in [3.63, 3.8) is 0 Å². The van der Waals surface area contributed by atoms with Gasteiger partial charge in [-0.05, 0) is 36.4 Å². The van der Waals surface area contributed by atoms with Crippen LogP contribution in [0.1, 0.15) is 11.3 Å². The zero-order valence-electron chi connectivity index (χ0n) is 25.2. The molecule has 0 aliphatic carbocycles. The highest BCUT2D eigenvalue weighted by atomic mass is 19.1. The van der Waals surface area contributed by atoms with Gasteiger partial charge in [0.15, 0.2) is 5.58 Å². The quantitative estimate of drug-likeness (QED) is 0.190. The summed E-state index contributed by atoms with van der Waals surface area (Å²) in [5.74, 6) is -0.236. The van der Waals surface area contributed by atoms with Crippen LogP contribution in [0.15, 0.2) is 40.8 Å². The molecule has 0 unspecified atom stereocenters. The third-order valence-electron chi connectivity index (χ3n) is 8.06. The van der Waals surface area contributed by atoms with E-state index >= 15 is 0 Å². The highest BCUT2D eigenvalue weighted by Gasteiger charge is 2.25. The number of fused-ring (bicyclic) bond motifs is 4. The predicted molar refractivity (Wildman–Crippen MR) is 166 cm³/mol. The van der Waals surface area contributed by atoms with Gasteiger partial charge < -0.3 is 48.2 Å². The summed E-state index contributed by atoms with van der Waals surface area (Å²) in [6.45, 7) is 9.79. The molecule has 11 nitrogen and oxygen atoms in total. The number of halogens is 1. The van der Waals surface area contributed by atoms with Crippen LogP contribution in [0.5, 0.6) is 0 Å². The number of ether oxygens (including phenoxy) is 5. The van der Waals surface area contributed by atoms with Gasteiger partial charge in [0.2, 0.25) is 0 Å². The Labute approximate surface area is 256 Å². The predicted octanol–water partition coefficient (Wildman–Crippen LogP) is 3.35. The summed E-state index contributed by atoms with van der Waals surface area (Å²) in [5.41, 5.74) is 11.5. The number of hydrogen-bond acceptors (Lipinski definition) is 10.